The van der Waals surface area contributed by atoms with Gasteiger partial charge in [-0.3, -0.25) is 0 Å². The van der Waals surface area contributed by atoms with E-state index in [9.17, 15) is 9.90 Å². The molecule has 3 heteroatoms. The maximum Gasteiger partial charge on any atom is 0.335 e. The number of aromatic carboxylic acids is 1. The predicted molar refractivity (Wildman–Crippen MR) is 69.5 cm³/mol. The summed E-state index contributed by atoms with van der Waals surface area (Å²) in [7, 11) is 0. The summed E-state index contributed by atoms with van der Waals surface area (Å²) in [5, 5.41) is 9.22. The smallest absolute Gasteiger partial charge is 0.335 e. The fourth-order valence-corrected chi connectivity index (χ4v) is 1.75. The van der Waals surface area contributed by atoms with Crippen molar-refractivity contribution < 1.29 is 9.90 Å². The second-order valence-electron chi connectivity index (χ2n) is 5.32. The molecule has 0 fully saturated rings. The van der Waals surface area contributed by atoms with E-state index < -0.39 is 5.97 Å². The molecule has 0 unspecified atom stereocenters. The average Bonchev–Trinajstić information content (AvgIpc) is 2.24. The monoisotopic (exact) mass is 235 g/mol. The van der Waals surface area contributed by atoms with Gasteiger partial charge in [-0.15, -0.1) is 0 Å². The Morgan fingerprint density at radius 2 is 2.00 bits per heavy atom. The van der Waals surface area contributed by atoms with Crippen LogP contribution in [0.1, 0.15) is 48.7 Å². The molecule has 94 valence electrons. The van der Waals surface area contributed by atoms with Gasteiger partial charge in [-0.25, -0.2) is 4.79 Å². The second-order valence-corrected chi connectivity index (χ2v) is 5.32. The highest BCUT2D eigenvalue weighted by Crippen LogP contribution is 2.25. The zero-order chi connectivity index (χ0) is 13.1. The zero-order valence-corrected chi connectivity index (χ0v) is 10.8. The Hall–Kier alpha value is -1.35. The molecule has 0 radical (unpaired) electrons. The van der Waals surface area contributed by atoms with Crippen molar-refractivity contribution in [1.29, 1.82) is 0 Å². The van der Waals surface area contributed by atoms with Gasteiger partial charge in [0.15, 0.2) is 0 Å². The van der Waals surface area contributed by atoms with Gasteiger partial charge < -0.3 is 10.8 Å². The Labute approximate surface area is 103 Å². The molecule has 0 bridgehead atoms. The molecule has 3 N–H and O–H groups in total. The first-order chi connectivity index (χ1) is 7.86. The van der Waals surface area contributed by atoms with E-state index in [1.807, 2.05) is 12.1 Å². The highest BCUT2D eigenvalue weighted by molar-refractivity contribution is 5.89. The number of hydrogen-bond donors (Lipinski definition) is 2. The van der Waals surface area contributed by atoms with Crippen LogP contribution in [-0.2, 0) is 11.8 Å². The summed E-state index contributed by atoms with van der Waals surface area (Å²) in [6, 6.07) is 5.71. The Kier molecular flexibility index (Phi) is 4.29. The number of carbonyl (C=O) groups is 1. The van der Waals surface area contributed by atoms with E-state index in [-0.39, 0.29) is 5.41 Å². The molecule has 3 nitrogen and oxygen atoms in total. The third-order valence-corrected chi connectivity index (χ3v) is 2.86. The third-order valence-electron chi connectivity index (χ3n) is 2.86. The van der Waals surface area contributed by atoms with Crippen molar-refractivity contribution in [3.8, 4) is 0 Å². The molecule has 0 heterocycles. The Bertz CT molecular complexity index is 405. The maximum absolute atomic E-state index is 11.2. The summed E-state index contributed by atoms with van der Waals surface area (Å²) in [5.74, 6) is -0.858. The largest absolute Gasteiger partial charge is 0.478 e. The lowest BCUT2D eigenvalue weighted by Crippen LogP contribution is -2.14. The number of carboxylic acid groups (broad SMARTS) is 1. The minimum absolute atomic E-state index is 0.0312. The minimum atomic E-state index is -0.858. The summed E-state index contributed by atoms with van der Waals surface area (Å²) in [5.41, 5.74) is 7.75. The van der Waals surface area contributed by atoms with Crippen molar-refractivity contribution >= 4 is 5.97 Å². The molecule has 1 rings (SSSR count). The third kappa shape index (κ3) is 3.56. The Morgan fingerprint density at radius 1 is 1.35 bits per heavy atom. The molecule has 0 saturated heterocycles. The van der Waals surface area contributed by atoms with Gasteiger partial charge in [0.2, 0.25) is 0 Å². The minimum Gasteiger partial charge on any atom is -0.478 e. The Morgan fingerprint density at radius 3 is 2.47 bits per heavy atom. The number of rotatable bonds is 4. The van der Waals surface area contributed by atoms with Crippen LogP contribution in [0.15, 0.2) is 18.2 Å². The zero-order valence-electron chi connectivity index (χ0n) is 10.8. The van der Waals surface area contributed by atoms with E-state index in [0.29, 0.717) is 12.1 Å². The summed E-state index contributed by atoms with van der Waals surface area (Å²) in [4.78, 5) is 11.2. The topological polar surface area (TPSA) is 63.3 Å². The van der Waals surface area contributed by atoms with Crippen LogP contribution in [0.4, 0.5) is 0 Å². The van der Waals surface area contributed by atoms with Gasteiger partial charge in [-0.05, 0) is 42.0 Å². The number of nitrogens with two attached hydrogens (primary N) is 1. The maximum atomic E-state index is 11.2. The van der Waals surface area contributed by atoms with E-state index >= 15 is 0 Å². The van der Waals surface area contributed by atoms with Crippen LogP contribution in [0.3, 0.4) is 0 Å². The number of aryl methyl sites for hydroxylation is 1. The fraction of sp³-hybridized carbons (Fsp3) is 0.500. The molecule has 1 aromatic carbocycles. The normalized spacial score (nSPS) is 11.5. The predicted octanol–water partition coefficient (Wildman–Crippen LogP) is 2.57. The highest BCUT2D eigenvalue weighted by Gasteiger charge is 2.17. The molecule has 1 aromatic rings. The van der Waals surface area contributed by atoms with Gasteiger partial charge >= 0.3 is 5.97 Å². The fourth-order valence-electron chi connectivity index (χ4n) is 1.75. The van der Waals surface area contributed by atoms with Crippen molar-refractivity contribution in [3.05, 3.63) is 34.9 Å². The molecule has 17 heavy (non-hydrogen) atoms. The van der Waals surface area contributed by atoms with Gasteiger partial charge in [0.1, 0.15) is 0 Å². The molecule has 0 aliphatic carbocycles. The highest BCUT2D eigenvalue weighted by atomic mass is 16.4. The lowest BCUT2D eigenvalue weighted by atomic mass is 9.84. The summed E-state index contributed by atoms with van der Waals surface area (Å²) >= 11 is 0. The molecule has 0 saturated carbocycles. The van der Waals surface area contributed by atoms with Crippen molar-refractivity contribution in [2.75, 3.05) is 6.54 Å². The van der Waals surface area contributed by atoms with Gasteiger partial charge in [0.25, 0.3) is 0 Å². The first-order valence-corrected chi connectivity index (χ1v) is 5.93. The van der Waals surface area contributed by atoms with E-state index in [4.69, 9.17) is 5.73 Å². The van der Waals surface area contributed by atoms with Crippen molar-refractivity contribution in [2.45, 2.75) is 39.0 Å². The standard InChI is InChI=1S/C14H21NO2/c1-14(2,3)11-7-6-10(5-4-8-15)12(9-11)13(16)17/h6-7,9H,4-5,8,15H2,1-3H3,(H,16,17). The lowest BCUT2D eigenvalue weighted by Gasteiger charge is -2.20. The summed E-state index contributed by atoms with van der Waals surface area (Å²) < 4.78 is 0. The molecule has 0 atom stereocenters. The van der Waals surface area contributed by atoms with Crippen molar-refractivity contribution in [3.63, 3.8) is 0 Å². The van der Waals surface area contributed by atoms with Crippen molar-refractivity contribution in [2.24, 2.45) is 5.73 Å². The molecule has 0 aliphatic rings. The van der Waals surface area contributed by atoms with Crippen LogP contribution >= 0.6 is 0 Å². The SMILES string of the molecule is CC(C)(C)c1ccc(CCCN)c(C(=O)O)c1. The van der Waals surface area contributed by atoms with Gasteiger partial charge in [-0.2, -0.15) is 0 Å². The first-order valence-electron chi connectivity index (χ1n) is 5.93. The number of hydrogen-bond acceptors (Lipinski definition) is 2. The molecular formula is C14H21NO2. The van der Waals surface area contributed by atoms with Gasteiger partial charge in [-0.1, -0.05) is 32.9 Å². The second kappa shape index (κ2) is 5.32. The number of carboxylic acids is 1. The molecular weight excluding hydrogens is 214 g/mol. The Balaban J connectivity index is 3.13. The molecule has 0 aliphatic heterocycles. The molecule has 0 amide bonds. The molecule has 0 aromatic heterocycles. The van der Waals surface area contributed by atoms with Gasteiger partial charge in [0, 0.05) is 0 Å². The van der Waals surface area contributed by atoms with E-state index in [1.165, 1.54) is 0 Å². The van der Waals surface area contributed by atoms with Crippen molar-refractivity contribution in [1.82, 2.24) is 0 Å². The lowest BCUT2D eigenvalue weighted by molar-refractivity contribution is 0.0695. The average molecular weight is 235 g/mol. The first kappa shape index (κ1) is 13.7. The van der Waals surface area contributed by atoms with Crippen LogP contribution in [0.25, 0.3) is 0 Å². The van der Waals surface area contributed by atoms with Gasteiger partial charge in [0.05, 0.1) is 5.56 Å². The summed E-state index contributed by atoms with van der Waals surface area (Å²) in [6.07, 6.45) is 1.54. The van der Waals surface area contributed by atoms with E-state index in [0.717, 1.165) is 24.0 Å². The summed E-state index contributed by atoms with van der Waals surface area (Å²) in [6.45, 7) is 6.81. The molecule has 0 spiro atoms. The van der Waals surface area contributed by atoms with Crippen LogP contribution in [0.5, 0.6) is 0 Å². The van der Waals surface area contributed by atoms with E-state index in [1.54, 1.807) is 6.07 Å². The van der Waals surface area contributed by atoms with E-state index in [2.05, 4.69) is 20.8 Å². The number of benzene rings is 1. The van der Waals surface area contributed by atoms with Crippen LogP contribution in [0, 0.1) is 0 Å². The van der Waals surface area contributed by atoms with Crippen LogP contribution < -0.4 is 5.73 Å². The quantitative estimate of drug-likeness (QED) is 0.843. The van der Waals surface area contributed by atoms with Crippen LogP contribution in [-0.4, -0.2) is 17.6 Å². The van der Waals surface area contributed by atoms with Crippen LogP contribution in [0.2, 0.25) is 0 Å².